The topological polar surface area (TPSA) is 101 Å². The van der Waals surface area contributed by atoms with Gasteiger partial charge in [0.25, 0.3) is 0 Å². The second kappa shape index (κ2) is 11.4. The van der Waals surface area contributed by atoms with Crippen LogP contribution in [0, 0.1) is 0 Å². The highest BCUT2D eigenvalue weighted by Gasteiger charge is 2.29. The number of likely N-dealkylation sites (N-methyl/N-ethyl adjacent to an activating group) is 1. The van der Waals surface area contributed by atoms with Crippen LogP contribution in [0.4, 0.5) is 0 Å². The van der Waals surface area contributed by atoms with Crippen molar-refractivity contribution in [3.05, 3.63) is 83.9 Å². The van der Waals surface area contributed by atoms with E-state index in [2.05, 4.69) is 17.4 Å². The Morgan fingerprint density at radius 1 is 0.938 bits per heavy atom. The number of nitrogens with one attached hydrogen (secondary N) is 1. The van der Waals surface area contributed by atoms with Gasteiger partial charge in [-0.15, -0.1) is 0 Å². The molecule has 3 rings (SSSR count). The van der Waals surface area contributed by atoms with Gasteiger partial charge in [-0.2, -0.15) is 0 Å². The van der Waals surface area contributed by atoms with Gasteiger partial charge >= 0.3 is 0 Å². The monoisotopic (exact) mass is 432 g/mol. The molecule has 32 heavy (non-hydrogen) atoms. The first kappa shape index (κ1) is 23.4. The molecule has 0 aliphatic heterocycles. The Morgan fingerprint density at radius 2 is 1.62 bits per heavy atom. The Balaban J connectivity index is 1.65. The van der Waals surface area contributed by atoms with Crippen LogP contribution in [0.2, 0.25) is 0 Å². The summed E-state index contributed by atoms with van der Waals surface area (Å²) in [5.74, 6) is -0.453. The average Bonchev–Trinajstić information content (AvgIpc) is 2.82. The molecule has 2 atom stereocenters. The molecule has 0 aliphatic carbocycles. The van der Waals surface area contributed by atoms with E-state index in [1.807, 2.05) is 60.7 Å². The van der Waals surface area contributed by atoms with Gasteiger partial charge in [-0.3, -0.25) is 9.59 Å². The summed E-state index contributed by atoms with van der Waals surface area (Å²) in [4.78, 5) is 27.5. The van der Waals surface area contributed by atoms with Crippen molar-refractivity contribution in [3.63, 3.8) is 0 Å². The number of nitrogens with zero attached hydrogens (tertiary/aromatic N) is 1. The zero-order chi connectivity index (χ0) is 22.9. The molecule has 0 fully saturated rings. The largest absolute Gasteiger partial charge is 0.350 e. The smallest absolute Gasteiger partial charge is 0.243 e. The van der Waals surface area contributed by atoms with E-state index in [1.54, 1.807) is 7.05 Å². The number of benzene rings is 3. The number of nitrogens with two attached hydrogens (primary N) is 2. The van der Waals surface area contributed by atoms with E-state index in [-0.39, 0.29) is 11.8 Å². The van der Waals surface area contributed by atoms with Crippen molar-refractivity contribution in [1.82, 2.24) is 10.2 Å². The van der Waals surface area contributed by atoms with Crippen LogP contribution in [0.3, 0.4) is 0 Å². The Bertz CT molecular complexity index is 1040. The zero-order valence-electron chi connectivity index (χ0n) is 18.5. The van der Waals surface area contributed by atoms with Gasteiger partial charge in [-0.05, 0) is 53.8 Å². The second-order valence-corrected chi connectivity index (χ2v) is 8.09. The standard InChI is InChI=1S/C26H32N4O2/c1-30(26(32)23(28)17-19-8-3-2-4-9-19)24(12-7-15-27)25(31)29-18-20-13-14-21-10-5-6-11-22(21)16-20/h2-6,8-11,13-14,16,23-24H,7,12,15,17-18,27-28H2,1H3,(H,29,31)/t23-,24-/m0/s1. The summed E-state index contributed by atoms with van der Waals surface area (Å²) in [6, 6.07) is 22.5. The predicted octanol–water partition coefficient (Wildman–Crippen LogP) is 2.59. The highest BCUT2D eigenvalue weighted by Crippen LogP contribution is 2.16. The molecule has 0 heterocycles. The summed E-state index contributed by atoms with van der Waals surface area (Å²) in [5, 5.41) is 5.26. The fourth-order valence-electron chi connectivity index (χ4n) is 3.84. The molecule has 6 heteroatoms. The van der Waals surface area contributed by atoms with Gasteiger partial charge in [-0.1, -0.05) is 66.7 Å². The van der Waals surface area contributed by atoms with E-state index in [9.17, 15) is 9.59 Å². The lowest BCUT2D eigenvalue weighted by atomic mass is 10.0. The lowest BCUT2D eigenvalue weighted by Crippen LogP contribution is -2.52. The van der Waals surface area contributed by atoms with Crippen molar-refractivity contribution in [3.8, 4) is 0 Å². The van der Waals surface area contributed by atoms with Crippen LogP contribution >= 0.6 is 0 Å². The summed E-state index contributed by atoms with van der Waals surface area (Å²) in [7, 11) is 1.64. The van der Waals surface area contributed by atoms with Crippen molar-refractivity contribution in [2.45, 2.75) is 37.9 Å². The summed E-state index contributed by atoms with van der Waals surface area (Å²) in [6.07, 6.45) is 1.55. The van der Waals surface area contributed by atoms with Crippen LogP contribution < -0.4 is 16.8 Å². The number of hydrogen-bond acceptors (Lipinski definition) is 4. The fraction of sp³-hybridized carbons (Fsp3) is 0.308. The van der Waals surface area contributed by atoms with E-state index in [0.717, 1.165) is 21.9 Å². The molecule has 0 spiro atoms. The molecule has 3 aromatic rings. The molecule has 0 unspecified atom stereocenters. The van der Waals surface area contributed by atoms with Crippen molar-refractivity contribution < 1.29 is 9.59 Å². The first-order valence-electron chi connectivity index (χ1n) is 11.0. The molecule has 0 radical (unpaired) electrons. The van der Waals surface area contributed by atoms with Crippen molar-refractivity contribution in [2.75, 3.05) is 13.6 Å². The normalized spacial score (nSPS) is 12.8. The van der Waals surface area contributed by atoms with E-state index >= 15 is 0 Å². The Morgan fingerprint density at radius 3 is 2.34 bits per heavy atom. The number of amides is 2. The van der Waals surface area contributed by atoms with E-state index in [0.29, 0.717) is 32.4 Å². The summed E-state index contributed by atoms with van der Waals surface area (Å²) in [6.45, 7) is 0.841. The number of fused-ring (bicyclic) bond motifs is 1. The Hall–Kier alpha value is -3.22. The zero-order valence-corrected chi connectivity index (χ0v) is 18.5. The quantitative estimate of drug-likeness (QED) is 0.458. The highest BCUT2D eigenvalue weighted by atomic mass is 16.2. The SMILES string of the molecule is CN(C(=O)[C@@H](N)Cc1ccccc1)[C@@H](CCCN)C(=O)NCc1ccc2ccccc2c1. The summed E-state index contributed by atoms with van der Waals surface area (Å²) < 4.78 is 0. The number of hydrogen-bond donors (Lipinski definition) is 3. The van der Waals surface area contributed by atoms with E-state index in [1.165, 1.54) is 4.90 Å². The minimum atomic E-state index is -0.712. The Labute approximate surface area is 189 Å². The molecule has 0 saturated carbocycles. The molecule has 0 saturated heterocycles. The summed E-state index contributed by atoms with van der Waals surface area (Å²) >= 11 is 0. The third-order valence-electron chi connectivity index (χ3n) is 5.70. The number of rotatable bonds is 10. The van der Waals surface area contributed by atoms with Crippen LogP contribution in [-0.4, -0.2) is 42.4 Å². The molecule has 3 aromatic carbocycles. The highest BCUT2D eigenvalue weighted by molar-refractivity contribution is 5.90. The third kappa shape index (κ3) is 6.15. The molecular weight excluding hydrogens is 400 g/mol. The molecule has 6 nitrogen and oxygen atoms in total. The molecule has 2 amide bonds. The molecule has 0 aliphatic rings. The number of carbonyl (C=O) groups excluding carboxylic acids is 2. The molecule has 0 aromatic heterocycles. The molecule has 0 bridgehead atoms. The predicted molar refractivity (Wildman–Crippen MR) is 129 cm³/mol. The first-order valence-corrected chi connectivity index (χ1v) is 11.0. The maximum Gasteiger partial charge on any atom is 0.243 e. The van der Waals surface area contributed by atoms with Crippen LogP contribution in [0.1, 0.15) is 24.0 Å². The average molecular weight is 433 g/mol. The van der Waals surface area contributed by atoms with Gasteiger partial charge < -0.3 is 21.7 Å². The maximum absolute atomic E-state index is 13.0. The first-order chi connectivity index (χ1) is 15.5. The minimum absolute atomic E-state index is 0.200. The van der Waals surface area contributed by atoms with Gasteiger partial charge in [-0.25, -0.2) is 0 Å². The molecular formula is C26H32N4O2. The van der Waals surface area contributed by atoms with Crippen LogP contribution in [0.15, 0.2) is 72.8 Å². The van der Waals surface area contributed by atoms with Crippen LogP contribution in [0.5, 0.6) is 0 Å². The Kier molecular flexibility index (Phi) is 8.36. The molecule has 168 valence electrons. The van der Waals surface area contributed by atoms with Gasteiger partial charge in [0.15, 0.2) is 0 Å². The van der Waals surface area contributed by atoms with Crippen LogP contribution in [-0.2, 0) is 22.6 Å². The number of carbonyl (C=O) groups is 2. The van der Waals surface area contributed by atoms with Gasteiger partial charge in [0, 0.05) is 13.6 Å². The minimum Gasteiger partial charge on any atom is -0.350 e. The molecule has 5 N–H and O–H groups in total. The van der Waals surface area contributed by atoms with Crippen molar-refractivity contribution in [1.29, 1.82) is 0 Å². The van der Waals surface area contributed by atoms with Gasteiger partial charge in [0.1, 0.15) is 6.04 Å². The lowest BCUT2D eigenvalue weighted by molar-refractivity contribution is -0.140. The van der Waals surface area contributed by atoms with Crippen molar-refractivity contribution in [2.24, 2.45) is 11.5 Å². The van der Waals surface area contributed by atoms with Gasteiger partial charge in [0.05, 0.1) is 6.04 Å². The lowest BCUT2D eigenvalue weighted by Gasteiger charge is -2.29. The second-order valence-electron chi connectivity index (χ2n) is 8.09. The third-order valence-corrected chi connectivity index (χ3v) is 5.70. The fourth-order valence-corrected chi connectivity index (χ4v) is 3.84. The van der Waals surface area contributed by atoms with E-state index in [4.69, 9.17) is 11.5 Å². The van der Waals surface area contributed by atoms with E-state index < -0.39 is 12.1 Å². The van der Waals surface area contributed by atoms with Crippen molar-refractivity contribution >= 4 is 22.6 Å². The summed E-state index contributed by atoms with van der Waals surface area (Å²) in [5.41, 5.74) is 13.9. The maximum atomic E-state index is 13.0. The van der Waals surface area contributed by atoms with Crippen LogP contribution in [0.25, 0.3) is 10.8 Å². The van der Waals surface area contributed by atoms with Gasteiger partial charge in [0.2, 0.25) is 11.8 Å².